The van der Waals surface area contributed by atoms with Gasteiger partial charge in [0.05, 0.1) is 7.11 Å². The number of phenolic OH excluding ortho intramolecular Hbond substituents is 1. The summed E-state index contributed by atoms with van der Waals surface area (Å²) in [5.41, 5.74) is 1.16. The molecular formula is C16H14O8S. The van der Waals surface area contributed by atoms with Gasteiger partial charge in [-0.15, -0.1) is 0 Å². The van der Waals surface area contributed by atoms with Crippen LogP contribution in [0, 0.1) is 0 Å². The van der Waals surface area contributed by atoms with E-state index < -0.39 is 22.5 Å². The minimum absolute atomic E-state index is 0.0848. The molecule has 1 aliphatic heterocycles. The molecule has 1 heterocycles. The fraction of sp³-hybridized carbons (Fsp3) is 0.188. The minimum Gasteiger partial charge on any atom is -0.507 e. The van der Waals surface area contributed by atoms with Gasteiger partial charge in [-0.1, -0.05) is 18.2 Å². The van der Waals surface area contributed by atoms with Crippen molar-refractivity contribution in [2.45, 2.75) is 12.5 Å². The van der Waals surface area contributed by atoms with E-state index in [1.165, 1.54) is 25.3 Å². The van der Waals surface area contributed by atoms with Crippen molar-refractivity contribution in [1.82, 2.24) is 0 Å². The van der Waals surface area contributed by atoms with Crippen molar-refractivity contribution in [1.29, 1.82) is 0 Å². The number of carbonyl (C=O) groups is 1. The SMILES string of the molecule is COc1ccc([C@H]2Cc3cccc(O)c3C(=O)O2)cc1OS(=O)(=O)O. The first-order valence-electron chi connectivity index (χ1n) is 7.15. The van der Waals surface area contributed by atoms with Gasteiger partial charge in [0.25, 0.3) is 0 Å². The second kappa shape index (κ2) is 6.26. The molecule has 0 amide bonds. The van der Waals surface area contributed by atoms with Crippen LogP contribution >= 0.6 is 0 Å². The summed E-state index contributed by atoms with van der Waals surface area (Å²) in [5, 5.41) is 9.79. The summed E-state index contributed by atoms with van der Waals surface area (Å²) in [6.07, 6.45) is -0.427. The lowest BCUT2D eigenvalue weighted by atomic mass is 9.94. The quantitative estimate of drug-likeness (QED) is 0.623. The van der Waals surface area contributed by atoms with Crippen molar-refractivity contribution in [3.63, 3.8) is 0 Å². The Labute approximate surface area is 143 Å². The van der Waals surface area contributed by atoms with Crippen LogP contribution in [0.3, 0.4) is 0 Å². The molecule has 0 unspecified atom stereocenters. The largest absolute Gasteiger partial charge is 0.507 e. The molecule has 0 saturated heterocycles. The van der Waals surface area contributed by atoms with E-state index in [0.717, 1.165) is 0 Å². The van der Waals surface area contributed by atoms with Crippen molar-refractivity contribution < 1.29 is 36.5 Å². The number of cyclic esters (lactones) is 1. The van der Waals surface area contributed by atoms with Gasteiger partial charge in [-0.3, -0.25) is 4.55 Å². The first-order valence-corrected chi connectivity index (χ1v) is 8.51. The maximum atomic E-state index is 12.2. The van der Waals surface area contributed by atoms with Crippen molar-refractivity contribution in [3.8, 4) is 17.2 Å². The Morgan fingerprint density at radius 2 is 1.96 bits per heavy atom. The zero-order chi connectivity index (χ0) is 18.2. The fourth-order valence-corrected chi connectivity index (χ4v) is 3.04. The predicted molar refractivity (Wildman–Crippen MR) is 85.1 cm³/mol. The minimum atomic E-state index is -4.74. The van der Waals surface area contributed by atoms with Gasteiger partial charge in [0.2, 0.25) is 0 Å². The number of phenols is 1. The van der Waals surface area contributed by atoms with Crippen LogP contribution in [0.1, 0.15) is 27.6 Å². The highest BCUT2D eigenvalue weighted by Crippen LogP contribution is 2.37. The van der Waals surface area contributed by atoms with Crippen LogP contribution in [0.5, 0.6) is 17.2 Å². The third-order valence-electron chi connectivity index (χ3n) is 3.74. The Kier molecular flexibility index (Phi) is 4.27. The Morgan fingerprint density at radius 1 is 1.20 bits per heavy atom. The summed E-state index contributed by atoms with van der Waals surface area (Å²) in [6.45, 7) is 0. The fourth-order valence-electron chi connectivity index (χ4n) is 2.68. The van der Waals surface area contributed by atoms with E-state index in [1.807, 2.05) is 0 Å². The smallest absolute Gasteiger partial charge is 0.446 e. The highest BCUT2D eigenvalue weighted by molar-refractivity contribution is 7.81. The average Bonchev–Trinajstić information content (AvgIpc) is 2.53. The standard InChI is InChI=1S/C16H14O8S/c1-22-12-6-5-9(7-14(12)24-25(19,20)21)13-8-10-3-2-4-11(17)15(10)16(18)23-13/h2-7,13,17H,8H2,1H3,(H,19,20,21)/t13-/m1/s1. The van der Waals surface area contributed by atoms with E-state index in [2.05, 4.69) is 4.18 Å². The molecule has 0 aliphatic carbocycles. The van der Waals surface area contributed by atoms with Crippen molar-refractivity contribution in [2.75, 3.05) is 7.11 Å². The second-order valence-corrected chi connectivity index (χ2v) is 6.35. The number of hydrogen-bond acceptors (Lipinski definition) is 7. The van der Waals surface area contributed by atoms with Crippen LogP contribution < -0.4 is 8.92 Å². The molecule has 132 valence electrons. The normalized spacial score (nSPS) is 16.7. The number of benzene rings is 2. The van der Waals surface area contributed by atoms with E-state index in [-0.39, 0.29) is 29.2 Å². The van der Waals surface area contributed by atoms with Crippen LogP contribution in [-0.4, -0.2) is 31.2 Å². The number of aromatic hydroxyl groups is 1. The van der Waals surface area contributed by atoms with E-state index in [4.69, 9.17) is 14.0 Å². The lowest BCUT2D eigenvalue weighted by molar-refractivity contribution is 0.0248. The number of fused-ring (bicyclic) bond motifs is 1. The summed E-state index contributed by atoms with van der Waals surface area (Å²) in [7, 11) is -3.43. The average molecular weight is 366 g/mol. The third-order valence-corrected chi connectivity index (χ3v) is 4.13. The van der Waals surface area contributed by atoms with Crippen molar-refractivity contribution in [3.05, 3.63) is 53.1 Å². The zero-order valence-electron chi connectivity index (χ0n) is 13.0. The summed E-state index contributed by atoms with van der Waals surface area (Å²) >= 11 is 0. The van der Waals surface area contributed by atoms with Crippen LogP contribution in [0.15, 0.2) is 36.4 Å². The van der Waals surface area contributed by atoms with E-state index in [1.54, 1.807) is 18.2 Å². The molecule has 0 aromatic heterocycles. The van der Waals surface area contributed by atoms with Gasteiger partial charge in [0, 0.05) is 6.42 Å². The molecule has 1 atom stereocenters. The maximum absolute atomic E-state index is 12.2. The topological polar surface area (TPSA) is 119 Å². The molecule has 8 nitrogen and oxygen atoms in total. The number of hydrogen-bond donors (Lipinski definition) is 2. The molecule has 0 fully saturated rings. The summed E-state index contributed by atoms with van der Waals surface area (Å²) < 4.78 is 45.6. The van der Waals surface area contributed by atoms with Gasteiger partial charge in [0.1, 0.15) is 17.4 Å². The molecule has 9 heteroatoms. The van der Waals surface area contributed by atoms with Gasteiger partial charge in [-0.2, -0.15) is 8.42 Å². The van der Waals surface area contributed by atoms with E-state index in [9.17, 15) is 18.3 Å². The Hall–Kier alpha value is -2.78. The van der Waals surface area contributed by atoms with E-state index >= 15 is 0 Å². The number of carbonyl (C=O) groups excluding carboxylic acids is 1. The molecule has 0 bridgehead atoms. The second-order valence-electron chi connectivity index (χ2n) is 5.33. The first-order chi connectivity index (χ1) is 11.8. The molecule has 0 radical (unpaired) electrons. The predicted octanol–water partition coefficient (Wildman–Crippen LogP) is 2.04. The van der Waals surface area contributed by atoms with Gasteiger partial charge >= 0.3 is 16.4 Å². The lowest BCUT2D eigenvalue weighted by Gasteiger charge is -2.25. The Morgan fingerprint density at radius 3 is 2.64 bits per heavy atom. The molecule has 2 aromatic carbocycles. The molecular weight excluding hydrogens is 352 g/mol. The number of rotatable bonds is 4. The third kappa shape index (κ3) is 3.52. The summed E-state index contributed by atoms with van der Waals surface area (Å²) in [5.74, 6) is -0.995. The molecule has 25 heavy (non-hydrogen) atoms. The van der Waals surface area contributed by atoms with Crippen LogP contribution in [0.25, 0.3) is 0 Å². The molecule has 3 rings (SSSR count). The highest BCUT2D eigenvalue weighted by Gasteiger charge is 2.30. The molecule has 2 aromatic rings. The first kappa shape index (κ1) is 17.1. The summed E-state index contributed by atoms with van der Waals surface area (Å²) in [6, 6.07) is 9.03. The summed E-state index contributed by atoms with van der Waals surface area (Å²) in [4.78, 5) is 12.2. The van der Waals surface area contributed by atoms with Crippen molar-refractivity contribution in [2.24, 2.45) is 0 Å². The van der Waals surface area contributed by atoms with Gasteiger partial charge in [-0.05, 0) is 29.3 Å². The van der Waals surface area contributed by atoms with Gasteiger partial charge < -0.3 is 18.8 Å². The zero-order valence-corrected chi connectivity index (χ0v) is 13.8. The highest BCUT2D eigenvalue weighted by atomic mass is 32.3. The molecule has 0 spiro atoms. The Balaban J connectivity index is 1.98. The van der Waals surface area contributed by atoms with Crippen LogP contribution in [-0.2, 0) is 21.6 Å². The molecule has 0 saturated carbocycles. The molecule has 2 N–H and O–H groups in total. The van der Waals surface area contributed by atoms with Crippen molar-refractivity contribution >= 4 is 16.4 Å². The Bertz CT molecular complexity index is 935. The van der Waals surface area contributed by atoms with Crippen LogP contribution in [0.2, 0.25) is 0 Å². The monoisotopic (exact) mass is 366 g/mol. The number of methoxy groups -OCH3 is 1. The maximum Gasteiger partial charge on any atom is 0.446 e. The number of esters is 1. The molecule has 1 aliphatic rings. The van der Waals surface area contributed by atoms with Gasteiger partial charge in [0.15, 0.2) is 11.5 Å². The van der Waals surface area contributed by atoms with Gasteiger partial charge in [-0.25, -0.2) is 4.79 Å². The van der Waals surface area contributed by atoms with Crippen LogP contribution in [0.4, 0.5) is 0 Å². The lowest BCUT2D eigenvalue weighted by Crippen LogP contribution is -2.22. The number of ether oxygens (including phenoxy) is 2. The van der Waals surface area contributed by atoms with E-state index in [0.29, 0.717) is 11.1 Å².